The van der Waals surface area contributed by atoms with E-state index in [4.69, 9.17) is 30.9 Å². The smallest absolute Gasteiger partial charge is 0.141 e. The lowest BCUT2D eigenvalue weighted by Gasteiger charge is -2.32. The Hall–Kier alpha value is -2.26. The average molecular weight is 480 g/mol. The monoisotopic (exact) mass is 479 g/mol. The third-order valence-electron chi connectivity index (χ3n) is 5.40. The first-order valence-corrected chi connectivity index (χ1v) is 11.8. The molecule has 182 valence electrons. The summed E-state index contributed by atoms with van der Waals surface area (Å²) in [7, 11) is 0. The lowest BCUT2D eigenvalue weighted by atomic mass is 10.0. The largest absolute Gasteiger partial charge is 0.492 e. The number of halogens is 1. The number of aliphatic hydroxyl groups excluding tert-OH is 2. The molecule has 2 heterocycles. The normalized spacial score (nSPS) is 15.8. The highest BCUT2D eigenvalue weighted by atomic mass is 35.5. The number of benzene rings is 1. The number of nitrogens with zero attached hydrogens (tertiary/aromatic N) is 2. The highest BCUT2D eigenvalue weighted by Crippen LogP contribution is 2.36. The fourth-order valence-electron chi connectivity index (χ4n) is 3.74. The fourth-order valence-corrected chi connectivity index (χ4v) is 3.96. The van der Waals surface area contributed by atoms with Gasteiger partial charge < -0.3 is 29.7 Å². The molecule has 3 N–H and O–H groups in total. The minimum atomic E-state index is -0.891. The number of hydrogen-bond acceptors (Lipinski definition) is 8. The highest BCUT2D eigenvalue weighted by Gasteiger charge is 2.21. The predicted octanol–water partition coefficient (Wildman–Crippen LogP) is 3.34. The average Bonchev–Trinajstić information content (AvgIpc) is 2.83. The molecule has 1 aliphatic heterocycles. The summed E-state index contributed by atoms with van der Waals surface area (Å²) in [4.78, 5) is 6.81. The van der Waals surface area contributed by atoms with E-state index in [2.05, 4.69) is 15.2 Å². The molecular formula is C24H34ClN3O5. The van der Waals surface area contributed by atoms with Crippen molar-refractivity contribution in [3.63, 3.8) is 0 Å². The fraction of sp³-hybridized carbons (Fsp3) is 0.542. The van der Waals surface area contributed by atoms with E-state index in [1.54, 1.807) is 12.3 Å². The summed E-state index contributed by atoms with van der Waals surface area (Å²) in [5.41, 5.74) is 1.13. The lowest BCUT2D eigenvalue weighted by molar-refractivity contribution is 0.0535. The van der Waals surface area contributed by atoms with Crippen molar-refractivity contribution in [2.75, 3.05) is 44.8 Å². The summed E-state index contributed by atoms with van der Waals surface area (Å²) in [5.74, 6) is 2.69. The second-order valence-corrected chi connectivity index (χ2v) is 8.37. The van der Waals surface area contributed by atoms with Crippen LogP contribution in [0.15, 0.2) is 30.5 Å². The molecule has 1 aliphatic rings. The van der Waals surface area contributed by atoms with E-state index in [1.807, 2.05) is 32.0 Å². The van der Waals surface area contributed by atoms with Crippen molar-refractivity contribution >= 4 is 17.4 Å². The third-order valence-corrected chi connectivity index (χ3v) is 5.77. The number of nitrogens with one attached hydrogen (secondary N) is 1. The van der Waals surface area contributed by atoms with Gasteiger partial charge in [-0.1, -0.05) is 11.6 Å². The third kappa shape index (κ3) is 7.64. The van der Waals surface area contributed by atoms with Crippen LogP contribution in [0.4, 0.5) is 5.82 Å². The molecule has 1 saturated heterocycles. The standard InChI is InChI=1S/C24H34ClN3O5/c1-3-31-21-11-17(12-22(24(21)25)32-4-2)14-28-9-7-18(8-10-28)27-23-6-5-20(13-26-23)33-16-19(30)15-29/h5-6,11-13,18-19,29-30H,3-4,7-10,14-16H2,1-2H3,(H,26,27). The Labute approximate surface area is 200 Å². The van der Waals surface area contributed by atoms with Crippen LogP contribution in [0.5, 0.6) is 17.2 Å². The molecule has 0 bridgehead atoms. The lowest BCUT2D eigenvalue weighted by Crippen LogP contribution is -2.38. The van der Waals surface area contributed by atoms with Gasteiger partial charge in [-0.05, 0) is 56.5 Å². The SMILES string of the molecule is CCOc1cc(CN2CCC(Nc3ccc(OCC(O)CO)cn3)CC2)cc(OCC)c1Cl. The molecule has 2 aromatic rings. The van der Waals surface area contributed by atoms with Gasteiger partial charge in [0, 0.05) is 25.7 Å². The zero-order valence-corrected chi connectivity index (χ0v) is 20.1. The van der Waals surface area contributed by atoms with Crippen molar-refractivity contribution in [3.8, 4) is 17.2 Å². The first-order chi connectivity index (χ1) is 16.0. The molecular weight excluding hydrogens is 446 g/mol. The molecule has 1 atom stereocenters. The van der Waals surface area contributed by atoms with Gasteiger partial charge in [0.1, 0.15) is 40.8 Å². The quantitative estimate of drug-likeness (QED) is 0.426. The summed E-state index contributed by atoms with van der Waals surface area (Å²) >= 11 is 6.42. The maximum absolute atomic E-state index is 9.36. The first kappa shape index (κ1) is 25.4. The molecule has 0 saturated carbocycles. The van der Waals surface area contributed by atoms with Crippen molar-refractivity contribution in [2.45, 2.75) is 45.4 Å². The number of likely N-dealkylation sites (tertiary alicyclic amines) is 1. The molecule has 0 radical (unpaired) electrons. The van der Waals surface area contributed by atoms with Crippen molar-refractivity contribution in [2.24, 2.45) is 0 Å². The van der Waals surface area contributed by atoms with Gasteiger partial charge in [-0.2, -0.15) is 0 Å². The molecule has 1 fully saturated rings. The Bertz CT molecular complexity index is 833. The van der Waals surface area contributed by atoms with Gasteiger partial charge in [0.15, 0.2) is 0 Å². The summed E-state index contributed by atoms with van der Waals surface area (Å²) in [5, 5.41) is 22.2. The van der Waals surface area contributed by atoms with Crippen LogP contribution in [-0.2, 0) is 6.54 Å². The second kappa shape index (κ2) is 12.8. The highest BCUT2D eigenvalue weighted by molar-refractivity contribution is 6.33. The van der Waals surface area contributed by atoms with Crippen LogP contribution in [0, 0.1) is 0 Å². The first-order valence-electron chi connectivity index (χ1n) is 11.5. The molecule has 0 spiro atoms. The van der Waals surface area contributed by atoms with Crippen molar-refractivity contribution in [1.82, 2.24) is 9.88 Å². The predicted molar refractivity (Wildman–Crippen MR) is 129 cm³/mol. The zero-order chi connectivity index (χ0) is 23.6. The molecule has 3 rings (SSSR count). The van der Waals surface area contributed by atoms with Crippen LogP contribution in [0.1, 0.15) is 32.3 Å². The molecule has 1 aromatic carbocycles. The van der Waals surface area contributed by atoms with Crippen LogP contribution in [-0.4, -0.2) is 71.8 Å². The number of ether oxygens (including phenoxy) is 3. The number of pyridine rings is 1. The Kier molecular flexibility index (Phi) is 9.87. The molecule has 9 heteroatoms. The van der Waals surface area contributed by atoms with E-state index in [-0.39, 0.29) is 13.2 Å². The van der Waals surface area contributed by atoms with Gasteiger partial charge in [-0.25, -0.2) is 4.98 Å². The van der Waals surface area contributed by atoms with Gasteiger partial charge in [-0.15, -0.1) is 0 Å². The van der Waals surface area contributed by atoms with Crippen molar-refractivity contribution in [1.29, 1.82) is 0 Å². The molecule has 33 heavy (non-hydrogen) atoms. The Morgan fingerprint density at radius 2 is 1.79 bits per heavy atom. The second-order valence-electron chi connectivity index (χ2n) is 7.99. The Morgan fingerprint density at radius 1 is 1.12 bits per heavy atom. The van der Waals surface area contributed by atoms with Crippen LogP contribution < -0.4 is 19.5 Å². The van der Waals surface area contributed by atoms with Crippen molar-refractivity contribution < 1.29 is 24.4 Å². The zero-order valence-electron chi connectivity index (χ0n) is 19.3. The number of rotatable bonds is 12. The van der Waals surface area contributed by atoms with E-state index in [9.17, 15) is 5.11 Å². The summed E-state index contributed by atoms with van der Waals surface area (Å²) in [6.07, 6.45) is 2.74. The minimum Gasteiger partial charge on any atom is -0.492 e. The van der Waals surface area contributed by atoms with E-state index in [0.29, 0.717) is 41.5 Å². The molecule has 1 unspecified atom stereocenters. The molecule has 0 amide bonds. The maximum atomic E-state index is 9.36. The summed E-state index contributed by atoms with van der Waals surface area (Å²) in [6.45, 7) is 7.45. The Morgan fingerprint density at radius 3 is 2.33 bits per heavy atom. The summed E-state index contributed by atoms with van der Waals surface area (Å²) < 4.78 is 16.8. The summed E-state index contributed by atoms with van der Waals surface area (Å²) in [6, 6.07) is 8.03. The van der Waals surface area contributed by atoms with E-state index >= 15 is 0 Å². The van der Waals surface area contributed by atoms with Gasteiger partial charge in [0.2, 0.25) is 0 Å². The molecule has 0 aliphatic carbocycles. The topological polar surface area (TPSA) is 96.3 Å². The van der Waals surface area contributed by atoms with E-state index < -0.39 is 6.10 Å². The number of aromatic nitrogens is 1. The molecule has 8 nitrogen and oxygen atoms in total. The number of hydrogen-bond donors (Lipinski definition) is 3. The van der Waals surface area contributed by atoms with E-state index in [1.165, 1.54) is 0 Å². The van der Waals surface area contributed by atoms with Crippen LogP contribution in [0.3, 0.4) is 0 Å². The number of aliphatic hydroxyl groups is 2. The number of piperidine rings is 1. The van der Waals surface area contributed by atoms with Crippen LogP contribution in [0.2, 0.25) is 5.02 Å². The molecule has 1 aromatic heterocycles. The van der Waals surface area contributed by atoms with Crippen LogP contribution >= 0.6 is 11.6 Å². The minimum absolute atomic E-state index is 0.0369. The Balaban J connectivity index is 1.50. The van der Waals surface area contributed by atoms with Gasteiger partial charge in [-0.3, -0.25) is 4.90 Å². The van der Waals surface area contributed by atoms with Crippen molar-refractivity contribution in [3.05, 3.63) is 41.0 Å². The van der Waals surface area contributed by atoms with E-state index in [0.717, 1.165) is 43.9 Å². The van der Waals surface area contributed by atoms with Crippen LogP contribution in [0.25, 0.3) is 0 Å². The number of anilines is 1. The van der Waals surface area contributed by atoms with Gasteiger partial charge >= 0.3 is 0 Å². The maximum Gasteiger partial charge on any atom is 0.141 e. The van der Waals surface area contributed by atoms with Gasteiger partial charge in [0.05, 0.1) is 26.0 Å². The van der Waals surface area contributed by atoms with Gasteiger partial charge in [0.25, 0.3) is 0 Å².